The highest BCUT2D eigenvalue weighted by atomic mass is 32.2. The first kappa shape index (κ1) is 24.6. The number of carbonyl (C=O) groups excluding carboxylic acids is 1. The van der Waals surface area contributed by atoms with Crippen molar-refractivity contribution in [3.05, 3.63) is 100 Å². The van der Waals surface area contributed by atoms with Crippen molar-refractivity contribution in [2.24, 2.45) is 0 Å². The first-order chi connectivity index (χ1) is 17.1. The van der Waals surface area contributed by atoms with Crippen LogP contribution in [0.3, 0.4) is 0 Å². The van der Waals surface area contributed by atoms with Crippen LogP contribution in [0.25, 0.3) is 10.9 Å². The predicted molar refractivity (Wildman–Crippen MR) is 129 cm³/mol. The molecule has 0 aliphatic carbocycles. The second kappa shape index (κ2) is 9.98. The minimum atomic E-state index is -4.45. The Bertz CT molecular complexity index is 1550. The van der Waals surface area contributed by atoms with Crippen LogP contribution in [0, 0.1) is 10.1 Å². The zero-order valence-corrected chi connectivity index (χ0v) is 19.3. The topological polar surface area (TPSA) is 169 Å². The van der Waals surface area contributed by atoms with Gasteiger partial charge in [0.2, 0.25) is 0 Å². The predicted octanol–water partition coefficient (Wildman–Crippen LogP) is 3.73. The molecule has 1 heterocycles. The second-order valence-electron chi connectivity index (χ2n) is 7.76. The van der Waals surface area contributed by atoms with Crippen molar-refractivity contribution in [1.82, 2.24) is 4.98 Å². The van der Waals surface area contributed by atoms with E-state index in [1.54, 1.807) is 42.5 Å². The van der Waals surface area contributed by atoms with Gasteiger partial charge in [-0.3, -0.25) is 19.1 Å². The molecule has 3 aromatic carbocycles. The zero-order valence-electron chi connectivity index (χ0n) is 18.5. The Morgan fingerprint density at radius 1 is 1.03 bits per heavy atom. The highest BCUT2D eigenvalue weighted by Gasteiger charge is 2.28. The molecule has 184 valence electrons. The number of carbonyl (C=O) groups is 2. The number of rotatable bonds is 9. The molecule has 0 radical (unpaired) electrons. The molecular formula is C24H19N3O8S. The summed E-state index contributed by atoms with van der Waals surface area (Å²) in [6, 6.07) is 18.8. The van der Waals surface area contributed by atoms with E-state index < -0.39 is 33.0 Å². The van der Waals surface area contributed by atoms with Crippen LogP contribution in [-0.4, -0.2) is 41.4 Å². The summed E-state index contributed by atoms with van der Waals surface area (Å²) in [4.78, 5) is 36.9. The van der Waals surface area contributed by atoms with Crippen LogP contribution < -0.4 is 5.32 Å². The standard InChI is InChI=1S/C24H19N3O8S/c28-23(25-17-6-11-20-16(13-17)14-21(26-20)24(29)30)22(12-15-4-2-1-3-5-15)35-36(33,34)19-9-7-18(8-10-19)27(31)32/h1-11,13-14,22,26H,12H2,(H,25,28)(H,29,30)/t22-/m1/s1. The molecule has 36 heavy (non-hydrogen) atoms. The van der Waals surface area contributed by atoms with Gasteiger partial charge in [-0.25, -0.2) is 4.79 Å². The lowest BCUT2D eigenvalue weighted by Crippen LogP contribution is -2.34. The minimum absolute atomic E-state index is 0.0204. The summed E-state index contributed by atoms with van der Waals surface area (Å²) in [6.45, 7) is 0. The van der Waals surface area contributed by atoms with E-state index in [1.165, 1.54) is 12.1 Å². The first-order valence-electron chi connectivity index (χ1n) is 10.5. The maximum atomic E-state index is 13.1. The van der Waals surface area contributed by atoms with Gasteiger partial charge in [-0.05, 0) is 42.0 Å². The first-order valence-corrected chi connectivity index (χ1v) is 11.9. The van der Waals surface area contributed by atoms with E-state index in [0.717, 1.165) is 24.3 Å². The molecule has 0 aliphatic rings. The maximum Gasteiger partial charge on any atom is 0.352 e. The molecule has 1 aromatic heterocycles. The summed E-state index contributed by atoms with van der Waals surface area (Å²) in [6.07, 6.45) is -1.54. The SMILES string of the molecule is O=C(O)c1cc2cc(NC(=O)[C@@H](Cc3ccccc3)OS(=O)(=O)c3ccc([N+](=O)[O-])cc3)ccc2[nH]1. The number of fused-ring (bicyclic) bond motifs is 1. The number of carboxylic acid groups (broad SMARTS) is 1. The Hall–Kier alpha value is -4.55. The Kier molecular flexibility index (Phi) is 6.81. The number of nitrogens with zero attached hydrogens (tertiary/aromatic N) is 1. The fourth-order valence-electron chi connectivity index (χ4n) is 3.49. The molecule has 0 spiro atoms. The highest BCUT2D eigenvalue weighted by molar-refractivity contribution is 7.86. The average molecular weight is 509 g/mol. The van der Waals surface area contributed by atoms with Gasteiger partial charge < -0.3 is 15.4 Å². The molecule has 0 fully saturated rings. The van der Waals surface area contributed by atoms with Gasteiger partial charge in [0.05, 0.1) is 9.82 Å². The lowest BCUT2D eigenvalue weighted by Gasteiger charge is -2.18. The van der Waals surface area contributed by atoms with Crippen molar-refractivity contribution in [3.63, 3.8) is 0 Å². The number of aromatic amines is 1. The van der Waals surface area contributed by atoms with E-state index >= 15 is 0 Å². The molecule has 3 N–H and O–H groups in total. The van der Waals surface area contributed by atoms with Gasteiger partial charge in [-0.15, -0.1) is 0 Å². The Labute approximate surface area is 204 Å². The number of benzene rings is 3. The average Bonchev–Trinajstić information content (AvgIpc) is 3.28. The number of non-ortho nitro benzene ring substituents is 1. The molecule has 0 aliphatic heterocycles. The maximum absolute atomic E-state index is 13.1. The van der Waals surface area contributed by atoms with Gasteiger partial charge in [-0.2, -0.15) is 8.42 Å². The van der Waals surface area contributed by atoms with Crippen LogP contribution in [-0.2, 0) is 25.5 Å². The third kappa shape index (κ3) is 5.56. The summed E-state index contributed by atoms with van der Waals surface area (Å²) in [5.74, 6) is -1.89. The third-order valence-electron chi connectivity index (χ3n) is 5.25. The molecule has 1 atom stereocenters. The second-order valence-corrected chi connectivity index (χ2v) is 9.33. The number of hydrogen-bond donors (Lipinski definition) is 3. The van der Waals surface area contributed by atoms with E-state index in [0.29, 0.717) is 22.2 Å². The molecule has 1 amide bonds. The van der Waals surface area contributed by atoms with E-state index in [-0.39, 0.29) is 22.7 Å². The Morgan fingerprint density at radius 2 is 1.72 bits per heavy atom. The largest absolute Gasteiger partial charge is 0.477 e. The number of nitro groups is 1. The number of aromatic nitrogens is 1. The van der Waals surface area contributed by atoms with Crippen molar-refractivity contribution in [3.8, 4) is 0 Å². The molecule has 0 unspecified atom stereocenters. The van der Waals surface area contributed by atoms with Crippen LogP contribution >= 0.6 is 0 Å². The van der Waals surface area contributed by atoms with Crippen LogP contribution in [0.15, 0.2) is 83.8 Å². The van der Waals surface area contributed by atoms with E-state index in [9.17, 15) is 28.1 Å². The molecule has 4 aromatic rings. The zero-order chi connectivity index (χ0) is 25.9. The summed E-state index contributed by atoms with van der Waals surface area (Å²) in [5.41, 5.74) is 1.18. The van der Waals surface area contributed by atoms with Gasteiger partial charge in [-0.1, -0.05) is 30.3 Å². The van der Waals surface area contributed by atoms with Gasteiger partial charge >= 0.3 is 5.97 Å². The number of amides is 1. The molecule has 0 saturated carbocycles. The van der Waals surface area contributed by atoms with E-state index in [2.05, 4.69) is 10.3 Å². The number of H-pyrrole nitrogens is 1. The monoisotopic (exact) mass is 509 g/mol. The van der Waals surface area contributed by atoms with Crippen LogP contribution in [0.5, 0.6) is 0 Å². The van der Waals surface area contributed by atoms with Gasteiger partial charge in [0, 0.05) is 35.1 Å². The molecule has 4 rings (SSSR count). The number of carboxylic acids is 1. The summed E-state index contributed by atoms with van der Waals surface area (Å²) in [5, 5.41) is 23.2. The van der Waals surface area contributed by atoms with Gasteiger partial charge in [0.15, 0.2) is 6.10 Å². The number of nitrogens with one attached hydrogen (secondary N) is 2. The molecule has 0 bridgehead atoms. The normalized spacial score (nSPS) is 12.2. The highest BCUT2D eigenvalue weighted by Crippen LogP contribution is 2.23. The minimum Gasteiger partial charge on any atom is -0.477 e. The number of anilines is 1. The summed E-state index contributed by atoms with van der Waals surface area (Å²) < 4.78 is 31.1. The molecule has 0 saturated heterocycles. The molecule has 11 nitrogen and oxygen atoms in total. The van der Waals surface area contributed by atoms with Crippen LogP contribution in [0.1, 0.15) is 16.1 Å². The smallest absolute Gasteiger partial charge is 0.352 e. The third-order valence-corrected chi connectivity index (χ3v) is 6.59. The van der Waals surface area contributed by atoms with Gasteiger partial charge in [0.25, 0.3) is 21.7 Å². The Balaban J connectivity index is 1.60. The van der Waals surface area contributed by atoms with Gasteiger partial charge in [0.1, 0.15) is 5.69 Å². The molecular weight excluding hydrogens is 490 g/mol. The lowest BCUT2D eigenvalue weighted by molar-refractivity contribution is -0.384. The lowest BCUT2D eigenvalue weighted by atomic mass is 10.1. The Morgan fingerprint density at radius 3 is 2.36 bits per heavy atom. The van der Waals surface area contributed by atoms with Crippen molar-refractivity contribution < 1.29 is 32.2 Å². The summed E-state index contributed by atoms with van der Waals surface area (Å²) >= 11 is 0. The van der Waals surface area contributed by atoms with Crippen molar-refractivity contribution in [1.29, 1.82) is 0 Å². The van der Waals surface area contributed by atoms with Crippen molar-refractivity contribution >= 4 is 44.3 Å². The van der Waals surface area contributed by atoms with Crippen LogP contribution in [0.4, 0.5) is 11.4 Å². The number of nitro benzene ring substituents is 1. The van der Waals surface area contributed by atoms with Crippen molar-refractivity contribution in [2.75, 3.05) is 5.32 Å². The number of hydrogen-bond acceptors (Lipinski definition) is 7. The van der Waals surface area contributed by atoms with Crippen LogP contribution in [0.2, 0.25) is 0 Å². The van der Waals surface area contributed by atoms with Crippen molar-refractivity contribution in [2.45, 2.75) is 17.4 Å². The van der Waals surface area contributed by atoms with E-state index in [4.69, 9.17) is 9.29 Å². The number of aromatic carboxylic acids is 1. The fraction of sp³-hybridized carbons (Fsp3) is 0.0833. The summed E-state index contributed by atoms with van der Waals surface area (Å²) in [7, 11) is -4.45. The molecule has 12 heteroatoms. The fourth-order valence-corrected chi connectivity index (χ4v) is 4.53. The quantitative estimate of drug-likeness (QED) is 0.174. The van der Waals surface area contributed by atoms with E-state index in [1.807, 2.05) is 0 Å².